The van der Waals surface area contributed by atoms with Crippen LogP contribution in [0.25, 0.3) is 0 Å². The van der Waals surface area contributed by atoms with Gasteiger partial charge < -0.3 is 13.6 Å². The maximum atomic E-state index is 11.3. The van der Waals surface area contributed by atoms with Crippen LogP contribution in [0.4, 0.5) is 0 Å². The van der Waals surface area contributed by atoms with Crippen molar-refractivity contribution >= 4 is 22.9 Å². The Balaban J connectivity index is 5.08. The highest BCUT2D eigenvalue weighted by molar-refractivity contribution is 6.74. The van der Waals surface area contributed by atoms with Gasteiger partial charge in [0.15, 0.2) is 16.6 Å². The zero-order valence-corrected chi connectivity index (χ0v) is 18.7. The van der Waals surface area contributed by atoms with Crippen molar-refractivity contribution in [3.8, 4) is 0 Å². The van der Waals surface area contributed by atoms with Crippen LogP contribution in [0.2, 0.25) is 36.3 Å². The summed E-state index contributed by atoms with van der Waals surface area (Å²) in [6.45, 7) is 24.7. The van der Waals surface area contributed by atoms with E-state index in [1.807, 2.05) is 6.92 Å². The van der Waals surface area contributed by atoms with Crippen molar-refractivity contribution in [1.82, 2.24) is 0 Å². The molecule has 132 valence electrons. The highest BCUT2D eigenvalue weighted by Crippen LogP contribution is 2.39. The molecular weight excluding hydrogens is 308 g/mol. The average Bonchev–Trinajstić information content (AvgIpc) is 2.30. The molecule has 0 spiro atoms. The second-order valence-electron chi connectivity index (χ2n) is 9.48. The third-order valence-electron chi connectivity index (χ3n) is 5.47. The Hall–Kier alpha value is 0.0238. The molecule has 0 bridgehead atoms. The molecule has 0 saturated carbocycles. The Morgan fingerprint density at radius 3 is 1.64 bits per heavy atom. The van der Waals surface area contributed by atoms with Gasteiger partial charge in [0.2, 0.25) is 0 Å². The first kappa shape index (κ1) is 22.0. The number of carbonyl (C=O) groups excluding carboxylic acids is 1. The van der Waals surface area contributed by atoms with Gasteiger partial charge >= 0.3 is 0 Å². The van der Waals surface area contributed by atoms with E-state index in [0.29, 0.717) is 6.61 Å². The molecule has 0 aromatic heterocycles. The normalized spacial score (nSPS) is 17.2. The molecule has 0 aliphatic carbocycles. The van der Waals surface area contributed by atoms with Crippen LogP contribution in [0.1, 0.15) is 48.5 Å². The van der Waals surface area contributed by atoms with Crippen molar-refractivity contribution in [2.24, 2.45) is 5.92 Å². The summed E-state index contributed by atoms with van der Waals surface area (Å²) in [4.78, 5) is 11.3. The zero-order valence-electron chi connectivity index (χ0n) is 16.7. The number of carbonyl (C=O) groups is 1. The molecule has 22 heavy (non-hydrogen) atoms. The van der Waals surface area contributed by atoms with E-state index in [1.165, 1.54) is 0 Å². The van der Waals surface area contributed by atoms with Crippen molar-refractivity contribution in [3.63, 3.8) is 0 Å². The highest BCUT2D eigenvalue weighted by Gasteiger charge is 2.42. The molecule has 0 amide bonds. The minimum Gasteiger partial charge on any atom is -0.414 e. The molecule has 0 aromatic carbocycles. The quantitative estimate of drug-likeness (QED) is 0.467. The number of hydrogen-bond donors (Lipinski definition) is 0. The molecule has 0 aliphatic rings. The van der Waals surface area contributed by atoms with E-state index in [2.05, 4.69) is 67.7 Å². The fourth-order valence-corrected chi connectivity index (χ4v) is 3.85. The Bertz CT molecular complexity index is 365. The summed E-state index contributed by atoms with van der Waals surface area (Å²) in [6.07, 6.45) is 0.847. The number of rotatable bonds is 7. The molecule has 0 heterocycles. The van der Waals surface area contributed by atoms with E-state index in [4.69, 9.17) is 8.85 Å². The molecule has 0 aromatic rings. The van der Waals surface area contributed by atoms with Crippen LogP contribution in [0.15, 0.2) is 0 Å². The summed E-state index contributed by atoms with van der Waals surface area (Å²) >= 11 is 0. The molecule has 0 aliphatic heterocycles. The molecule has 0 N–H and O–H groups in total. The van der Waals surface area contributed by atoms with Gasteiger partial charge in [-0.25, -0.2) is 0 Å². The van der Waals surface area contributed by atoms with Crippen LogP contribution < -0.4 is 0 Å². The van der Waals surface area contributed by atoms with Crippen LogP contribution in [0, 0.1) is 5.92 Å². The fraction of sp³-hybridized carbons (Fsp3) is 0.941. The summed E-state index contributed by atoms with van der Waals surface area (Å²) in [5.74, 6) is -0.140. The number of aldehydes is 1. The summed E-state index contributed by atoms with van der Waals surface area (Å²) in [7, 11) is -3.74. The molecule has 0 saturated heterocycles. The molecule has 3 nitrogen and oxygen atoms in total. The smallest absolute Gasteiger partial charge is 0.192 e. The Morgan fingerprint density at radius 2 is 1.32 bits per heavy atom. The SMILES string of the molecule is C[C@@H](C=O)[C@H](CO[Si](C)(C)C(C)(C)C)O[Si](C)(C)C(C)(C)C. The second kappa shape index (κ2) is 7.28. The fourth-order valence-electron chi connectivity index (χ4n) is 1.44. The molecule has 0 fully saturated rings. The van der Waals surface area contributed by atoms with E-state index in [9.17, 15) is 4.79 Å². The van der Waals surface area contributed by atoms with E-state index >= 15 is 0 Å². The van der Waals surface area contributed by atoms with Gasteiger partial charge in [0.1, 0.15) is 6.29 Å². The van der Waals surface area contributed by atoms with Crippen LogP contribution in [0.5, 0.6) is 0 Å². The van der Waals surface area contributed by atoms with Gasteiger partial charge in [-0.15, -0.1) is 0 Å². The second-order valence-corrected chi connectivity index (χ2v) is 19.0. The van der Waals surface area contributed by atoms with E-state index in [1.54, 1.807) is 0 Å². The predicted octanol–water partition coefficient (Wildman–Crippen LogP) is 5.23. The summed E-state index contributed by atoms with van der Waals surface area (Å²) in [6, 6.07) is 0. The third kappa shape index (κ3) is 5.91. The largest absolute Gasteiger partial charge is 0.414 e. The van der Waals surface area contributed by atoms with E-state index < -0.39 is 16.6 Å². The highest BCUT2D eigenvalue weighted by atomic mass is 28.4. The maximum absolute atomic E-state index is 11.3. The first-order valence-electron chi connectivity index (χ1n) is 8.32. The molecule has 2 atom stereocenters. The van der Waals surface area contributed by atoms with Crippen LogP contribution in [-0.4, -0.2) is 35.6 Å². The molecule has 0 radical (unpaired) electrons. The standard InChI is InChI=1S/C17H38O3Si2/c1-14(12-18)15(20-22(10,11)17(5,6)7)13-19-21(8,9)16(2,3)4/h12,14-15H,13H2,1-11H3/t14-,15-/m0/s1. The summed E-state index contributed by atoms with van der Waals surface area (Å²) < 4.78 is 12.8. The monoisotopic (exact) mass is 346 g/mol. The zero-order chi connectivity index (χ0) is 18.0. The lowest BCUT2D eigenvalue weighted by molar-refractivity contribution is -0.114. The van der Waals surface area contributed by atoms with Crippen LogP contribution >= 0.6 is 0 Å². The van der Waals surface area contributed by atoms with Crippen molar-refractivity contribution in [3.05, 3.63) is 0 Å². The van der Waals surface area contributed by atoms with Gasteiger partial charge in [-0.2, -0.15) is 0 Å². The van der Waals surface area contributed by atoms with Gasteiger partial charge in [0, 0.05) is 5.92 Å². The minimum absolute atomic E-state index is 0.130. The van der Waals surface area contributed by atoms with Gasteiger partial charge in [0.25, 0.3) is 0 Å². The summed E-state index contributed by atoms with van der Waals surface area (Å²) in [5.41, 5.74) is 0. The molecular formula is C17H38O3Si2. The lowest BCUT2D eigenvalue weighted by Gasteiger charge is -2.42. The van der Waals surface area contributed by atoms with Crippen LogP contribution in [0.3, 0.4) is 0 Å². The molecule has 0 rings (SSSR count). The van der Waals surface area contributed by atoms with Crippen LogP contribution in [-0.2, 0) is 13.6 Å². The van der Waals surface area contributed by atoms with Crippen molar-refractivity contribution in [2.75, 3.05) is 6.61 Å². The van der Waals surface area contributed by atoms with Crippen molar-refractivity contribution in [1.29, 1.82) is 0 Å². The minimum atomic E-state index is -1.91. The Morgan fingerprint density at radius 1 is 0.909 bits per heavy atom. The predicted molar refractivity (Wildman–Crippen MR) is 100 cm³/mol. The average molecular weight is 347 g/mol. The van der Waals surface area contributed by atoms with Crippen molar-refractivity contribution < 1.29 is 13.6 Å². The van der Waals surface area contributed by atoms with E-state index in [-0.39, 0.29) is 22.1 Å². The van der Waals surface area contributed by atoms with Gasteiger partial charge in [-0.1, -0.05) is 48.5 Å². The summed E-state index contributed by atoms with van der Waals surface area (Å²) in [5, 5.41) is 0.295. The van der Waals surface area contributed by atoms with Gasteiger partial charge in [0.05, 0.1) is 12.7 Å². The van der Waals surface area contributed by atoms with Gasteiger partial charge in [-0.3, -0.25) is 0 Å². The topological polar surface area (TPSA) is 35.5 Å². The molecule has 0 unspecified atom stereocenters. The Kier molecular flexibility index (Phi) is 7.29. The lowest BCUT2D eigenvalue weighted by atomic mass is 10.1. The lowest BCUT2D eigenvalue weighted by Crippen LogP contribution is -2.49. The molecule has 5 heteroatoms. The Labute approximate surface area is 140 Å². The first-order chi connectivity index (χ1) is 9.55. The third-order valence-corrected chi connectivity index (χ3v) is 14.5. The van der Waals surface area contributed by atoms with Gasteiger partial charge in [-0.05, 0) is 36.3 Å². The van der Waals surface area contributed by atoms with Crippen molar-refractivity contribution in [2.45, 2.75) is 90.8 Å². The first-order valence-corrected chi connectivity index (χ1v) is 14.1. The number of hydrogen-bond acceptors (Lipinski definition) is 3. The maximum Gasteiger partial charge on any atom is 0.192 e. The van der Waals surface area contributed by atoms with E-state index in [0.717, 1.165) is 6.29 Å².